The van der Waals surface area contributed by atoms with E-state index in [1.807, 2.05) is 37.3 Å². The average molecular weight is 318 g/mol. The number of H-pyrrole nitrogens is 1. The second-order valence-electron chi connectivity index (χ2n) is 4.90. The number of fused-ring (bicyclic) bond motifs is 1. The molecule has 0 saturated heterocycles. The molecule has 5 nitrogen and oxygen atoms in total. The van der Waals surface area contributed by atoms with Gasteiger partial charge in [-0.25, -0.2) is 4.98 Å². The molecule has 2 N–H and O–H groups in total. The number of ether oxygens (including phenoxy) is 2. The van der Waals surface area contributed by atoms with Crippen molar-refractivity contribution in [2.24, 2.45) is 0 Å². The number of halogens is 1. The molecule has 0 saturated carbocycles. The molecule has 0 fully saturated rings. The van der Waals surface area contributed by atoms with Gasteiger partial charge in [0, 0.05) is 22.8 Å². The minimum Gasteiger partial charge on any atom is -0.493 e. The largest absolute Gasteiger partial charge is 0.493 e. The van der Waals surface area contributed by atoms with Gasteiger partial charge in [-0.05, 0) is 24.6 Å². The lowest BCUT2D eigenvalue weighted by Gasteiger charge is -2.06. The second kappa shape index (κ2) is 5.77. The molecule has 1 heterocycles. The molecule has 0 aliphatic carbocycles. The Bertz CT molecular complexity index is 789. The Morgan fingerprint density at radius 1 is 1.09 bits per heavy atom. The fraction of sp³-hybridized carbons (Fsp3) is 0.188. The van der Waals surface area contributed by atoms with E-state index in [1.165, 1.54) is 0 Å². The lowest BCUT2D eigenvalue weighted by molar-refractivity contribution is 0.356. The van der Waals surface area contributed by atoms with Crippen molar-refractivity contribution in [3.05, 3.63) is 40.9 Å². The summed E-state index contributed by atoms with van der Waals surface area (Å²) in [6.07, 6.45) is 0. The molecule has 0 spiro atoms. The SMILES string of the molecule is COc1cc2nc(Nc3ccc(C)c(Cl)c3)[nH]c2cc1OC. The predicted molar refractivity (Wildman–Crippen MR) is 88.7 cm³/mol. The Morgan fingerprint density at radius 2 is 1.82 bits per heavy atom. The number of methoxy groups -OCH3 is 2. The number of benzene rings is 2. The van der Waals surface area contributed by atoms with E-state index in [0.717, 1.165) is 22.3 Å². The van der Waals surface area contributed by atoms with Crippen LogP contribution in [0.15, 0.2) is 30.3 Å². The summed E-state index contributed by atoms with van der Waals surface area (Å²) < 4.78 is 10.6. The Kier molecular flexibility index (Phi) is 3.81. The number of aromatic nitrogens is 2. The smallest absolute Gasteiger partial charge is 0.205 e. The summed E-state index contributed by atoms with van der Waals surface area (Å²) in [6, 6.07) is 9.46. The summed E-state index contributed by atoms with van der Waals surface area (Å²) in [6.45, 7) is 1.96. The summed E-state index contributed by atoms with van der Waals surface area (Å²) in [5.41, 5.74) is 3.55. The van der Waals surface area contributed by atoms with Crippen molar-refractivity contribution < 1.29 is 9.47 Å². The van der Waals surface area contributed by atoms with Crippen molar-refractivity contribution in [3.8, 4) is 11.5 Å². The lowest BCUT2D eigenvalue weighted by atomic mass is 10.2. The van der Waals surface area contributed by atoms with Crippen LogP contribution in [0.25, 0.3) is 11.0 Å². The van der Waals surface area contributed by atoms with E-state index in [-0.39, 0.29) is 0 Å². The molecule has 0 aliphatic heterocycles. The third kappa shape index (κ3) is 2.67. The number of aromatic amines is 1. The maximum atomic E-state index is 6.13. The first kappa shape index (κ1) is 14.5. The highest BCUT2D eigenvalue weighted by molar-refractivity contribution is 6.31. The van der Waals surface area contributed by atoms with Gasteiger partial charge in [0.15, 0.2) is 11.5 Å². The van der Waals surface area contributed by atoms with Crippen molar-refractivity contribution >= 4 is 34.3 Å². The van der Waals surface area contributed by atoms with Crippen molar-refractivity contribution in [2.45, 2.75) is 6.92 Å². The molecular weight excluding hydrogens is 302 g/mol. The number of aryl methyl sites for hydroxylation is 1. The minimum atomic E-state index is 0.630. The first-order chi connectivity index (χ1) is 10.6. The van der Waals surface area contributed by atoms with Gasteiger partial charge in [-0.15, -0.1) is 0 Å². The topological polar surface area (TPSA) is 59.2 Å². The number of nitrogens with one attached hydrogen (secondary N) is 2. The molecule has 1 aromatic heterocycles. The van der Waals surface area contributed by atoms with Crippen LogP contribution in [-0.4, -0.2) is 24.2 Å². The van der Waals surface area contributed by atoms with Crippen molar-refractivity contribution in [3.63, 3.8) is 0 Å². The van der Waals surface area contributed by atoms with Crippen LogP contribution in [0.4, 0.5) is 11.6 Å². The van der Waals surface area contributed by atoms with Gasteiger partial charge in [0.25, 0.3) is 0 Å². The Morgan fingerprint density at radius 3 is 2.50 bits per heavy atom. The van der Waals surface area contributed by atoms with Crippen molar-refractivity contribution in [1.82, 2.24) is 9.97 Å². The fourth-order valence-corrected chi connectivity index (χ4v) is 2.38. The van der Waals surface area contributed by atoms with Crippen LogP contribution in [0.1, 0.15) is 5.56 Å². The van der Waals surface area contributed by atoms with Gasteiger partial charge in [-0.1, -0.05) is 17.7 Å². The molecule has 3 rings (SSSR count). The zero-order valence-electron chi connectivity index (χ0n) is 12.5. The highest BCUT2D eigenvalue weighted by Crippen LogP contribution is 2.32. The molecule has 0 amide bonds. The molecule has 0 bridgehead atoms. The van der Waals surface area contributed by atoms with E-state index < -0.39 is 0 Å². The van der Waals surface area contributed by atoms with Crippen molar-refractivity contribution in [1.29, 1.82) is 0 Å². The van der Waals surface area contributed by atoms with Crippen LogP contribution in [0, 0.1) is 6.92 Å². The number of hydrogen-bond donors (Lipinski definition) is 2. The van der Waals surface area contributed by atoms with E-state index in [1.54, 1.807) is 14.2 Å². The average Bonchev–Trinajstić information content (AvgIpc) is 2.90. The predicted octanol–water partition coefficient (Wildman–Crippen LogP) is 4.29. The summed E-state index contributed by atoms with van der Waals surface area (Å²) in [5.74, 6) is 1.93. The summed E-state index contributed by atoms with van der Waals surface area (Å²) in [4.78, 5) is 7.70. The maximum Gasteiger partial charge on any atom is 0.205 e. The molecule has 22 heavy (non-hydrogen) atoms. The summed E-state index contributed by atoms with van der Waals surface area (Å²) in [7, 11) is 3.21. The molecule has 0 atom stereocenters. The zero-order valence-corrected chi connectivity index (χ0v) is 13.3. The van der Waals surface area contributed by atoms with E-state index >= 15 is 0 Å². The molecule has 0 aliphatic rings. The third-order valence-electron chi connectivity index (χ3n) is 3.42. The number of anilines is 2. The number of hydrogen-bond acceptors (Lipinski definition) is 4. The van der Waals surface area contributed by atoms with E-state index in [9.17, 15) is 0 Å². The van der Waals surface area contributed by atoms with Crippen LogP contribution >= 0.6 is 11.6 Å². The molecule has 0 radical (unpaired) electrons. The molecule has 2 aromatic carbocycles. The number of rotatable bonds is 4. The maximum absolute atomic E-state index is 6.13. The highest BCUT2D eigenvalue weighted by atomic mass is 35.5. The van der Waals surface area contributed by atoms with Crippen LogP contribution in [0.3, 0.4) is 0 Å². The summed E-state index contributed by atoms with van der Waals surface area (Å²) in [5, 5.41) is 3.92. The van der Waals surface area contributed by atoms with E-state index in [4.69, 9.17) is 21.1 Å². The van der Waals surface area contributed by atoms with Gasteiger partial charge in [0.1, 0.15) is 0 Å². The van der Waals surface area contributed by atoms with Crippen LogP contribution in [0.5, 0.6) is 11.5 Å². The molecular formula is C16H16ClN3O2. The quantitative estimate of drug-likeness (QED) is 0.753. The molecule has 0 unspecified atom stereocenters. The van der Waals surface area contributed by atoms with Crippen LogP contribution in [-0.2, 0) is 0 Å². The van der Waals surface area contributed by atoms with Gasteiger partial charge in [-0.2, -0.15) is 0 Å². The standard InChI is InChI=1S/C16H16ClN3O2/c1-9-4-5-10(6-11(9)17)18-16-19-12-7-14(21-2)15(22-3)8-13(12)20-16/h4-8H,1-3H3,(H2,18,19,20). The summed E-state index contributed by atoms with van der Waals surface area (Å²) >= 11 is 6.13. The third-order valence-corrected chi connectivity index (χ3v) is 3.83. The van der Waals surface area contributed by atoms with E-state index in [0.29, 0.717) is 22.5 Å². The lowest BCUT2D eigenvalue weighted by Crippen LogP contribution is -1.92. The van der Waals surface area contributed by atoms with E-state index in [2.05, 4.69) is 15.3 Å². The van der Waals surface area contributed by atoms with Crippen LogP contribution in [0.2, 0.25) is 5.02 Å². The van der Waals surface area contributed by atoms with Gasteiger partial charge < -0.3 is 19.8 Å². The number of imidazole rings is 1. The first-order valence-corrected chi connectivity index (χ1v) is 7.13. The fourth-order valence-electron chi connectivity index (χ4n) is 2.20. The number of nitrogens with zero attached hydrogens (tertiary/aromatic N) is 1. The normalized spacial score (nSPS) is 10.7. The molecule has 3 aromatic rings. The first-order valence-electron chi connectivity index (χ1n) is 6.75. The monoisotopic (exact) mass is 317 g/mol. The Labute approximate surface area is 133 Å². The van der Waals surface area contributed by atoms with Gasteiger partial charge >= 0.3 is 0 Å². The van der Waals surface area contributed by atoms with Crippen LogP contribution < -0.4 is 14.8 Å². The van der Waals surface area contributed by atoms with Crippen molar-refractivity contribution in [2.75, 3.05) is 19.5 Å². The van der Waals surface area contributed by atoms with Gasteiger partial charge in [0.2, 0.25) is 5.95 Å². The minimum absolute atomic E-state index is 0.630. The Hall–Kier alpha value is -2.40. The van der Waals surface area contributed by atoms with Gasteiger partial charge in [-0.3, -0.25) is 0 Å². The molecule has 114 valence electrons. The highest BCUT2D eigenvalue weighted by Gasteiger charge is 2.10. The van der Waals surface area contributed by atoms with Gasteiger partial charge in [0.05, 0.1) is 25.3 Å². The zero-order chi connectivity index (χ0) is 15.7. The molecule has 6 heteroatoms. The Balaban J connectivity index is 1.96. The second-order valence-corrected chi connectivity index (χ2v) is 5.31.